The summed E-state index contributed by atoms with van der Waals surface area (Å²) in [4.78, 5) is 9.11. The molecule has 1 heterocycles. The largest absolute Gasteiger partial charge is 0.490 e. The third kappa shape index (κ3) is 1.99. The van der Waals surface area contributed by atoms with Gasteiger partial charge >= 0.3 is 0 Å². The van der Waals surface area contributed by atoms with Crippen LogP contribution >= 0.6 is 0 Å². The predicted molar refractivity (Wildman–Crippen MR) is 58.4 cm³/mol. The average molecular weight is 203 g/mol. The molecule has 0 spiro atoms. The Labute approximate surface area is 87.8 Å². The zero-order valence-electron chi connectivity index (χ0n) is 8.36. The van der Waals surface area contributed by atoms with Gasteiger partial charge in [0.25, 0.3) is 0 Å². The molecule has 0 unspecified atom stereocenters. The van der Waals surface area contributed by atoms with Crippen molar-refractivity contribution in [3.05, 3.63) is 37.4 Å². The van der Waals surface area contributed by atoms with Gasteiger partial charge in [-0.15, -0.1) is 0 Å². The maximum Gasteiger partial charge on any atom is 0.150 e. The number of fused-ring (bicyclic) bond motifs is 1. The smallest absolute Gasteiger partial charge is 0.150 e. The summed E-state index contributed by atoms with van der Waals surface area (Å²) in [6, 6.07) is 9.40. The summed E-state index contributed by atoms with van der Waals surface area (Å²) < 4.78 is 4.88. The lowest BCUT2D eigenvalue weighted by molar-refractivity contribution is 0.269. The highest BCUT2D eigenvalue weighted by atomic mass is 16.6. The van der Waals surface area contributed by atoms with E-state index >= 15 is 0 Å². The van der Waals surface area contributed by atoms with Gasteiger partial charge in [0.15, 0.2) is 0 Å². The molecule has 77 valence electrons. The third-order valence-corrected chi connectivity index (χ3v) is 2.04. The molecule has 2 rings (SSSR count). The highest BCUT2D eigenvalue weighted by Gasteiger charge is 1.99. The van der Waals surface area contributed by atoms with E-state index in [1.165, 1.54) is 0 Å². The number of hydrogen-bond donors (Lipinski definition) is 1. The minimum atomic E-state index is 0.659. The molecule has 1 radical (unpaired) electrons. The third-order valence-electron chi connectivity index (χ3n) is 2.04. The Morgan fingerprint density at radius 1 is 1.27 bits per heavy atom. The number of aromatic nitrogens is 1. The highest BCUT2D eigenvalue weighted by molar-refractivity contribution is 5.81. The standard InChI is InChI=1S/C11H11N2O2/c1-14-9-5-3-8-4-6-11(13-15-2)12-10(8)7-9/h3-7H,1H2,2H3,(H,12,13). The summed E-state index contributed by atoms with van der Waals surface area (Å²) in [5, 5.41) is 1.04. The van der Waals surface area contributed by atoms with E-state index < -0.39 is 0 Å². The number of hydrogen-bond acceptors (Lipinski definition) is 4. The van der Waals surface area contributed by atoms with Crippen LogP contribution < -0.4 is 10.2 Å². The molecule has 2 aromatic rings. The second-order valence-corrected chi connectivity index (χ2v) is 3.00. The summed E-state index contributed by atoms with van der Waals surface area (Å²) in [6.07, 6.45) is 0. The Morgan fingerprint density at radius 2 is 2.07 bits per heavy atom. The van der Waals surface area contributed by atoms with Gasteiger partial charge in [0.05, 0.1) is 12.6 Å². The number of rotatable bonds is 3. The SMILES string of the molecule is [CH2]Oc1ccc2ccc(NOC)nc2c1. The van der Waals surface area contributed by atoms with Crippen LogP contribution in [-0.4, -0.2) is 12.1 Å². The van der Waals surface area contributed by atoms with Crippen LogP contribution in [0.3, 0.4) is 0 Å². The summed E-state index contributed by atoms with van der Waals surface area (Å²) >= 11 is 0. The molecule has 4 nitrogen and oxygen atoms in total. The van der Waals surface area contributed by atoms with Crippen LogP contribution in [-0.2, 0) is 4.84 Å². The van der Waals surface area contributed by atoms with Crippen molar-refractivity contribution < 1.29 is 9.57 Å². The lowest BCUT2D eigenvalue weighted by Gasteiger charge is -2.05. The molecule has 0 aliphatic rings. The summed E-state index contributed by atoms with van der Waals surface area (Å²) in [7, 11) is 4.90. The monoisotopic (exact) mass is 203 g/mol. The normalized spacial score (nSPS) is 10.3. The molecule has 1 aromatic heterocycles. The maximum absolute atomic E-state index is 4.88. The van der Waals surface area contributed by atoms with Crippen LogP contribution in [0, 0.1) is 7.11 Å². The molecule has 4 heteroatoms. The van der Waals surface area contributed by atoms with Gasteiger partial charge in [-0.05, 0) is 24.3 Å². The number of anilines is 1. The molecular formula is C11H11N2O2. The predicted octanol–water partition coefficient (Wildman–Crippen LogP) is 2.38. The van der Waals surface area contributed by atoms with Crippen LogP contribution in [0.5, 0.6) is 5.75 Å². The van der Waals surface area contributed by atoms with Gasteiger partial charge in [0.2, 0.25) is 0 Å². The fourth-order valence-electron chi connectivity index (χ4n) is 1.35. The number of pyridine rings is 1. The van der Waals surface area contributed by atoms with Gasteiger partial charge in [0, 0.05) is 11.5 Å². The molecule has 0 aliphatic heterocycles. The van der Waals surface area contributed by atoms with Crippen molar-refractivity contribution >= 4 is 16.7 Å². The molecule has 0 bridgehead atoms. The first-order valence-electron chi connectivity index (χ1n) is 4.45. The Balaban J connectivity index is 2.48. The fourth-order valence-corrected chi connectivity index (χ4v) is 1.35. The molecule has 0 fully saturated rings. The quantitative estimate of drug-likeness (QED) is 0.778. The van der Waals surface area contributed by atoms with Crippen molar-refractivity contribution in [1.82, 2.24) is 4.98 Å². The van der Waals surface area contributed by atoms with E-state index in [1.807, 2.05) is 30.3 Å². The van der Waals surface area contributed by atoms with Gasteiger partial charge in [-0.2, -0.15) is 0 Å². The Hall–Kier alpha value is -1.81. The lowest BCUT2D eigenvalue weighted by atomic mass is 10.2. The van der Waals surface area contributed by atoms with Crippen molar-refractivity contribution in [3.8, 4) is 5.75 Å². The first-order chi connectivity index (χ1) is 7.33. The van der Waals surface area contributed by atoms with E-state index in [2.05, 4.69) is 17.6 Å². The summed E-state index contributed by atoms with van der Waals surface area (Å²) in [5.41, 5.74) is 3.50. The fraction of sp³-hybridized carbons (Fsp3) is 0.0909. The minimum Gasteiger partial charge on any atom is -0.490 e. The van der Waals surface area contributed by atoms with E-state index in [9.17, 15) is 0 Å². The van der Waals surface area contributed by atoms with Gasteiger partial charge < -0.3 is 4.74 Å². The molecule has 1 aromatic carbocycles. The van der Waals surface area contributed by atoms with E-state index in [4.69, 9.17) is 9.57 Å². The molecule has 0 atom stereocenters. The van der Waals surface area contributed by atoms with Crippen molar-refractivity contribution in [3.63, 3.8) is 0 Å². The molecule has 1 N–H and O–H groups in total. The zero-order valence-corrected chi connectivity index (χ0v) is 8.36. The van der Waals surface area contributed by atoms with Crippen molar-refractivity contribution in [2.75, 3.05) is 12.6 Å². The molecule has 0 amide bonds. The molecule has 0 saturated carbocycles. The molecule has 0 saturated heterocycles. The van der Waals surface area contributed by atoms with Gasteiger partial charge in [-0.3, -0.25) is 4.84 Å². The summed E-state index contributed by atoms with van der Waals surface area (Å²) in [5.74, 6) is 1.34. The lowest BCUT2D eigenvalue weighted by Crippen LogP contribution is -1.97. The van der Waals surface area contributed by atoms with Crippen molar-refractivity contribution in [2.45, 2.75) is 0 Å². The second-order valence-electron chi connectivity index (χ2n) is 3.00. The topological polar surface area (TPSA) is 43.4 Å². The van der Waals surface area contributed by atoms with Gasteiger partial charge in [0.1, 0.15) is 18.7 Å². The highest BCUT2D eigenvalue weighted by Crippen LogP contribution is 2.20. The van der Waals surface area contributed by atoms with E-state index in [-0.39, 0.29) is 0 Å². The Kier molecular flexibility index (Phi) is 2.69. The van der Waals surface area contributed by atoms with Crippen molar-refractivity contribution in [2.24, 2.45) is 0 Å². The number of ether oxygens (including phenoxy) is 1. The number of benzene rings is 1. The van der Waals surface area contributed by atoms with Crippen LogP contribution in [0.4, 0.5) is 5.82 Å². The van der Waals surface area contributed by atoms with Crippen LogP contribution in [0.15, 0.2) is 30.3 Å². The van der Waals surface area contributed by atoms with E-state index in [1.54, 1.807) is 7.11 Å². The number of nitrogens with zero attached hydrogens (tertiary/aromatic N) is 1. The summed E-state index contributed by atoms with van der Waals surface area (Å²) in [6.45, 7) is 0. The Morgan fingerprint density at radius 3 is 2.80 bits per heavy atom. The minimum absolute atomic E-state index is 0.659. The van der Waals surface area contributed by atoms with E-state index in [0.29, 0.717) is 11.6 Å². The van der Waals surface area contributed by atoms with Gasteiger partial charge in [-0.25, -0.2) is 10.5 Å². The van der Waals surface area contributed by atoms with Crippen molar-refractivity contribution in [1.29, 1.82) is 0 Å². The second kappa shape index (κ2) is 4.14. The first-order valence-corrected chi connectivity index (χ1v) is 4.45. The van der Waals surface area contributed by atoms with Crippen LogP contribution in [0.25, 0.3) is 10.9 Å². The molecule has 15 heavy (non-hydrogen) atoms. The molecular weight excluding hydrogens is 192 g/mol. The number of nitrogens with one attached hydrogen (secondary N) is 1. The Bertz CT molecular complexity index is 471. The van der Waals surface area contributed by atoms with Crippen LogP contribution in [0.1, 0.15) is 0 Å². The first kappa shape index (κ1) is 9.73. The van der Waals surface area contributed by atoms with E-state index in [0.717, 1.165) is 10.9 Å². The average Bonchev–Trinajstić information content (AvgIpc) is 2.28. The maximum atomic E-state index is 4.88. The zero-order chi connectivity index (χ0) is 10.7. The molecule has 0 aliphatic carbocycles. The van der Waals surface area contributed by atoms with Crippen LogP contribution in [0.2, 0.25) is 0 Å². The van der Waals surface area contributed by atoms with Gasteiger partial charge in [-0.1, -0.05) is 0 Å².